The van der Waals surface area contributed by atoms with E-state index < -0.39 is 0 Å². The van der Waals surface area contributed by atoms with Crippen molar-refractivity contribution < 1.29 is 14.3 Å². The Bertz CT molecular complexity index is 772. The summed E-state index contributed by atoms with van der Waals surface area (Å²) < 4.78 is 13.9. The number of amides is 1. The number of hydrogen-bond donors (Lipinski definition) is 0. The number of rotatable bonds is 5. The summed E-state index contributed by atoms with van der Waals surface area (Å²) in [5, 5.41) is 0. The molecule has 1 aliphatic carbocycles. The topological polar surface area (TPSA) is 52.8 Å². The standard InChI is InChI=1S/C16H20N2O3S/c1-4-7-18-11-8-12(20-2)13(21-3)9-14(11)22-16(18)17-15(19)10-5-6-10/h8-10H,4-7H2,1-3H3. The Balaban J connectivity index is 2.18. The molecule has 6 heteroatoms. The molecule has 0 atom stereocenters. The maximum atomic E-state index is 12.0. The van der Waals surface area contributed by atoms with Crippen LogP contribution in [0, 0.1) is 5.92 Å². The molecule has 0 spiro atoms. The van der Waals surface area contributed by atoms with Gasteiger partial charge in [-0.15, -0.1) is 0 Å². The quantitative estimate of drug-likeness (QED) is 0.851. The zero-order valence-electron chi connectivity index (χ0n) is 13.1. The third kappa shape index (κ3) is 2.75. The van der Waals surface area contributed by atoms with Gasteiger partial charge >= 0.3 is 0 Å². The van der Waals surface area contributed by atoms with E-state index in [1.807, 2.05) is 12.1 Å². The molecule has 0 saturated heterocycles. The Labute approximate surface area is 133 Å². The second kappa shape index (κ2) is 6.12. The Kier molecular flexibility index (Phi) is 4.20. The van der Waals surface area contributed by atoms with Crippen LogP contribution in [-0.2, 0) is 11.3 Å². The second-order valence-electron chi connectivity index (χ2n) is 5.44. The molecule has 0 unspecified atom stereocenters. The molecule has 1 aliphatic rings. The van der Waals surface area contributed by atoms with Crippen LogP contribution >= 0.6 is 11.3 Å². The Hall–Kier alpha value is -1.82. The van der Waals surface area contributed by atoms with Gasteiger partial charge in [0.05, 0.1) is 24.4 Å². The van der Waals surface area contributed by atoms with Gasteiger partial charge in [-0.1, -0.05) is 18.3 Å². The van der Waals surface area contributed by atoms with Crippen LogP contribution in [0.4, 0.5) is 0 Å². The SMILES string of the molecule is CCCn1c(=NC(=O)C2CC2)sc2cc(OC)c(OC)cc21. The van der Waals surface area contributed by atoms with E-state index in [-0.39, 0.29) is 11.8 Å². The number of methoxy groups -OCH3 is 2. The summed E-state index contributed by atoms with van der Waals surface area (Å²) in [4.78, 5) is 17.1. The second-order valence-corrected chi connectivity index (χ2v) is 6.44. The minimum Gasteiger partial charge on any atom is -0.493 e. The number of ether oxygens (including phenoxy) is 2. The normalized spacial score (nSPS) is 15.3. The van der Waals surface area contributed by atoms with Gasteiger partial charge in [0.2, 0.25) is 0 Å². The molecule has 1 amide bonds. The number of benzene rings is 1. The highest BCUT2D eigenvalue weighted by atomic mass is 32.1. The fourth-order valence-corrected chi connectivity index (χ4v) is 3.51. The molecule has 3 rings (SSSR count). The first-order valence-corrected chi connectivity index (χ1v) is 8.33. The minimum atomic E-state index is 0.00957. The zero-order valence-corrected chi connectivity index (χ0v) is 13.9. The average molecular weight is 320 g/mol. The number of fused-ring (bicyclic) bond motifs is 1. The van der Waals surface area contributed by atoms with Gasteiger partial charge in [0.25, 0.3) is 5.91 Å². The molecule has 0 aliphatic heterocycles. The summed E-state index contributed by atoms with van der Waals surface area (Å²) in [7, 11) is 3.25. The smallest absolute Gasteiger partial charge is 0.251 e. The lowest BCUT2D eigenvalue weighted by Crippen LogP contribution is -2.17. The number of carbonyl (C=O) groups excluding carboxylic acids is 1. The van der Waals surface area contributed by atoms with Gasteiger partial charge in [0.15, 0.2) is 16.3 Å². The van der Waals surface area contributed by atoms with Crippen molar-refractivity contribution in [3.63, 3.8) is 0 Å². The lowest BCUT2D eigenvalue weighted by atomic mass is 10.3. The maximum absolute atomic E-state index is 12.0. The van der Waals surface area contributed by atoms with Crippen LogP contribution in [0.2, 0.25) is 0 Å². The molecule has 0 N–H and O–H groups in total. The molecule has 0 radical (unpaired) electrons. The van der Waals surface area contributed by atoms with Crippen molar-refractivity contribution in [1.82, 2.24) is 4.57 Å². The highest BCUT2D eigenvalue weighted by Gasteiger charge is 2.29. The van der Waals surface area contributed by atoms with Crippen LogP contribution in [-0.4, -0.2) is 24.7 Å². The van der Waals surface area contributed by atoms with E-state index in [1.54, 1.807) is 14.2 Å². The van der Waals surface area contributed by atoms with E-state index in [0.717, 1.165) is 40.8 Å². The van der Waals surface area contributed by atoms with Crippen LogP contribution in [0.3, 0.4) is 0 Å². The van der Waals surface area contributed by atoms with Gasteiger partial charge in [-0.3, -0.25) is 4.79 Å². The summed E-state index contributed by atoms with van der Waals surface area (Å²) in [5.74, 6) is 1.54. The van der Waals surface area contributed by atoms with E-state index in [4.69, 9.17) is 9.47 Å². The Morgan fingerprint density at radius 1 is 1.32 bits per heavy atom. The Morgan fingerprint density at radius 3 is 2.59 bits per heavy atom. The number of aromatic nitrogens is 1. The molecule has 1 aromatic heterocycles. The van der Waals surface area contributed by atoms with Crippen molar-refractivity contribution in [2.75, 3.05) is 14.2 Å². The fraction of sp³-hybridized carbons (Fsp3) is 0.500. The number of aryl methyl sites for hydroxylation is 1. The monoisotopic (exact) mass is 320 g/mol. The molecule has 1 saturated carbocycles. The minimum absolute atomic E-state index is 0.00957. The lowest BCUT2D eigenvalue weighted by Gasteiger charge is -2.08. The molecule has 118 valence electrons. The molecular formula is C16H20N2O3S. The number of thiazole rings is 1. The van der Waals surface area contributed by atoms with Crippen molar-refractivity contribution in [2.24, 2.45) is 10.9 Å². The summed E-state index contributed by atoms with van der Waals surface area (Å²) in [6, 6.07) is 3.91. The molecule has 2 aromatic rings. The molecule has 22 heavy (non-hydrogen) atoms. The van der Waals surface area contributed by atoms with Crippen LogP contribution in [0.15, 0.2) is 17.1 Å². The highest BCUT2D eigenvalue weighted by Crippen LogP contribution is 2.34. The van der Waals surface area contributed by atoms with Gasteiger partial charge in [-0.05, 0) is 19.3 Å². The van der Waals surface area contributed by atoms with Gasteiger partial charge in [-0.25, -0.2) is 0 Å². The fourth-order valence-electron chi connectivity index (χ4n) is 2.44. The van der Waals surface area contributed by atoms with Gasteiger partial charge in [-0.2, -0.15) is 4.99 Å². The molecule has 1 aromatic carbocycles. The van der Waals surface area contributed by atoms with Gasteiger partial charge < -0.3 is 14.0 Å². The van der Waals surface area contributed by atoms with Crippen LogP contribution in [0.5, 0.6) is 11.5 Å². The van der Waals surface area contributed by atoms with Gasteiger partial charge in [0, 0.05) is 24.6 Å². The third-order valence-electron chi connectivity index (χ3n) is 3.77. The zero-order chi connectivity index (χ0) is 15.7. The summed E-state index contributed by atoms with van der Waals surface area (Å²) in [6.45, 7) is 2.94. The van der Waals surface area contributed by atoms with Crippen molar-refractivity contribution in [3.05, 3.63) is 16.9 Å². The third-order valence-corrected chi connectivity index (χ3v) is 4.81. The summed E-state index contributed by atoms with van der Waals surface area (Å²) >= 11 is 1.53. The number of nitrogens with zero attached hydrogens (tertiary/aromatic N) is 2. The molecule has 5 nitrogen and oxygen atoms in total. The van der Waals surface area contributed by atoms with E-state index in [2.05, 4.69) is 16.5 Å². The van der Waals surface area contributed by atoms with Crippen LogP contribution in [0.1, 0.15) is 26.2 Å². The maximum Gasteiger partial charge on any atom is 0.251 e. The summed E-state index contributed by atoms with van der Waals surface area (Å²) in [5.41, 5.74) is 1.03. The molecular weight excluding hydrogens is 300 g/mol. The van der Waals surface area contributed by atoms with Crippen LogP contribution in [0.25, 0.3) is 10.2 Å². The van der Waals surface area contributed by atoms with E-state index in [9.17, 15) is 4.79 Å². The first-order valence-electron chi connectivity index (χ1n) is 7.51. The highest BCUT2D eigenvalue weighted by molar-refractivity contribution is 7.16. The van der Waals surface area contributed by atoms with E-state index in [0.29, 0.717) is 11.5 Å². The number of hydrogen-bond acceptors (Lipinski definition) is 4. The number of carbonyl (C=O) groups is 1. The average Bonchev–Trinajstić information content (AvgIpc) is 3.32. The van der Waals surface area contributed by atoms with E-state index >= 15 is 0 Å². The van der Waals surface area contributed by atoms with Crippen molar-refractivity contribution in [1.29, 1.82) is 0 Å². The predicted octanol–water partition coefficient (Wildman–Crippen LogP) is 2.97. The Morgan fingerprint density at radius 2 is 2.00 bits per heavy atom. The van der Waals surface area contributed by atoms with Crippen molar-refractivity contribution in [3.8, 4) is 11.5 Å². The van der Waals surface area contributed by atoms with Crippen molar-refractivity contribution in [2.45, 2.75) is 32.7 Å². The van der Waals surface area contributed by atoms with Crippen molar-refractivity contribution >= 4 is 27.5 Å². The first-order chi connectivity index (χ1) is 10.7. The molecule has 1 fully saturated rings. The predicted molar refractivity (Wildman–Crippen MR) is 86.5 cm³/mol. The lowest BCUT2D eigenvalue weighted by molar-refractivity contribution is -0.119. The summed E-state index contributed by atoms with van der Waals surface area (Å²) in [6.07, 6.45) is 2.93. The van der Waals surface area contributed by atoms with E-state index in [1.165, 1.54) is 11.3 Å². The largest absolute Gasteiger partial charge is 0.493 e. The molecule has 1 heterocycles. The molecule has 0 bridgehead atoms. The first kappa shape index (κ1) is 15.1. The van der Waals surface area contributed by atoms with Gasteiger partial charge in [0.1, 0.15) is 0 Å². The van der Waals surface area contributed by atoms with Crippen LogP contribution < -0.4 is 14.3 Å².